The quantitative estimate of drug-likeness (QED) is 0.831. The minimum Gasteiger partial charge on any atom is -0.354 e. The number of carbonyl (C=O) groups is 2. The summed E-state index contributed by atoms with van der Waals surface area (Å²) in [5, 5.41) is 6.09. The third kappa shape index (κ3) is 4.71. The van der Waals surface area contributed by atoms with E-state index in [9.17, 15) is 18.4 Å². The zero-order valence-corrected chi connectivity index (χ0v) is 15.3. The predicted octanol–water partition coefficient (Wildman–Crippen LogP) is 2.11. The van der Waals surface area contributed by atoms with Gasteiger partial charge in [-0.05, 0) is 50.3 Å². The molecule has 5 nitrogen and oxygen atoms in total. The smallest absolute Gasteiger partial charge is 0.256 e. The molecule has 2 fully saturated rings. The minimum absolute atomic E-state index is 0. The monoisotopic (exact) mass is 387 g/mol. The van der Waals surface area contributed by atoms with Crippen molar-refractivity contribution in [3.05, 3.63) is 35.4 Å². The van der Waals surface area contributed by atoms with Gasteiger partial charge in [-0.15, -0.1) is 12.4 Å². The Hall–Kier alpha value is -1.73. The summed E-state index contributed by atoms with van der Waals surface area (Å²) in [6, 6.07) is 3.51. The molecule has 0 spiro atoms. The van der Waals surface area contributed by atoms with Gasteiger partial charge in [0.05, 0.1) is 11.6 Å². The highest BCUT2D eigenvalue weighted by Crippen LogP contribution is 2.20. The van der Waals surface area contributed by atoms with Gasteiger partial charge in [-0.3, -0.25) is 9.59 Å². The molecule has 3 rings (SSSR count). The Balaban J connectivity index is 0.00000243. The fraction of sp³-hybridized carbons (Fsp3) is 0.556. The molecule has 2 aliphatic rings. The van der Waals surface area contributed by atoms with Gasteiger partial charge in [-0.1, -0.05) is 6.07 Å². The first-order valence-electron chi connectivity index (χ1n) is 8.80. The second-order valence-corrected chi connectivity index (χ2v) is 6.75. The van der Waals surface area contributed by atoms with Crippen molar-refractivity contribution in [2.24, 2.45) is 5.92 Å². The first kappa shape index (κ1) is 20.6. The molecule has 144 valence electrons. The standard InChI is InChI=1S/C18H23F2N3O2.ClH/c19-14-6-1-5-13(16(14)20)18(25)23-9-3-4-12(11-23)10-22-17(24)15-7-2-8-21-15;/h1,5-6,12,15,21H,2-4,7-11H2,(H,22,24);1H. The number of benzene rings is 1. The van der Waals surface area contributed by atoms with Gasteiger partial charge in [0.25, 0.3) is 5.91 Å². The van der Waals surface area contributed by atoms with Crippen LogP contribution in [0.25, 0.3) is 0 Å². The summed E-state index contributed by atoms with van der Waals surface area (Å²) in [6.07, 6.45) is 3.53. The number of nitrogens with zero attached hydrogens (tertiary/aromatic N) is 1. The van der Waals surface area contributed by atoms with E-state index in [1.165, 1.54) is 12.1 Å². The zero-order chi connectivity index (χ0) is 17.8. The number of carbonyl (C=O) groups excluding carboxylic acids is 2. The van der Waals surface area contributed by atoms with Gasteiger partial charge in [0.2, 0.25) is 5.91 Å². The van der Waals surface area contributed by atoms with Crippen LogP contribution in [0.2, 0.25) is 0 Å². The Kier molecular flexibility index (Phi) is 7.34. The normalized spacial score (nSPS) is 22.6. The summed E-state index contributed by atoms with van der Waals surface area (Å²) in [6.45, 7) is 2.31. The van der Waals surface area contributed by atoms with Gasteiger partial charge >= 0.3 is 0 Å². The largest absolute Gasteiger partial charge is 0.354 e. The van der Waals surface area contributed by atoms with Crippen LogP contribution in [-0.2, 0) is 4.79 Å². The Morgan fingerprint density at radius 1 is 1.23 bits per heavy atom. The summed E-state index contributed by atoms with van der Waals surface area (Å²) >= 11 is 0. The van der Waals surface area contributed by atoms with Gasteiger partial charge in [0, 0.05) is 19.6 Å². The van der Waals surface area contributed by atoms with Crippen LogP contribution in [0.5, 0.6) is 0 Å². The maximum absolute atomic E-state index is 13.8. The topological polar surface area (TPSA) is 61.4 Å². The number of likely N-dealkylation sites (tertiary alicyclic amines) is 1. The molecular weight excluding hydrogens is 364 g/mol. The average molecular weight is 388 g/mol. The molecule has 2 heterocycles. The van der Waals surface area contributed by atoms with Crippen molar-refractivity contribution in [1.29, 1.82) is 0 Å². The highest BCUT2D eigenvalue weighted by molar-refractivity contribution is 5.94. The molecule has 1 aromatic carbocycles. The van der Waals surface area contributed by atoms with Crippen LogP contribution in [0, 0.1) is 17.6 Å². The van der Waals surface area contributed by atoms with E-state index in [4.69, 9.17) is 0 Å². The van der Waals surface area contributed by atoms with Gasteiger partial charge in [0.1, 0.15) is 0 Å². The van der Waals surface area contributed by atoms with Crippen molar-refractivity contribution in [3.8, 4) is 0 Å². The molecule has 2 amide bonds. The molecule has 0 aromatic heterocycles. The molecule has 26 heavy (non-hydrogen) atoms. The summed E-state index contributed by atoms with van der Waals surface area (Å²) in [7, 11) is 0. The van der Waals surface area contributed by atoms with E-state index in [0.717, 1.165) is 38.3 Å². The molecule has 2 N–H and O–H groups in total. The minimum atomic E-state index is -1.10. The van der Waals surface area contributed by atoms with Crippen LogP contribution in [0.3, 0.4) is 0 Å². The Bertz CT molecular complexity index is 653. The lowest BCUT2D eigenvalue weighted by atomic mass is 9.97. The maximum atomic E-state index is 13.8. The fourth-order valence-electron chi connectivity index (χ4n) is 3.53. The SMILES string of the molecule is Cl.O=C(NCC1CCCN(C(=O)c2cccc(F)c2F)C1)C1CCCN1. The summed E-state index contributed by atoms with van der Waals surface area (Å²) in [4.78, 5) is 26.1. The maximum Gasteiger partial charge on any atom is 0.256 e. The van der Waals surface area contributed by atoms with Crippen molar-refractivity contribution in [3.63, 3.8) is 0 Å². The summed E-state index contributed by atoms with van der Waals surface area (Å²) in [5.74, 6) is -2.49. The fourth-order valence-corrected chi connectivity index (χ4v) is 3.53. The van der Waals surface area contributed by atoms with E-state index in [2.05, 4.69) is 10.6 Å². The van der Waals surface area contributed by atoms with Gasteiger partial charge in [0.15, 0.2) is 11.6 Å². The lowest BCUT2D eigenvalue weighted by Crippen LogP contribution is -2.46. The molecule has 2 unspecified atom stereocenters. The summed E-state index contributed by atoms with van der Waals surface area (Å²) in [5.41, 5.74) is -0.236. The molecule has 2 aliphatic heterocycles. The highest BCUT2D eigenvalue weighted by atomic mass is 35.5. The summed E-state index contributed by atoms with van der Waals surface area (Å²) < 4.78 is 27.2. The molecule has 1 aromatic rings. The number of rotatable bonds is 4. The third-order valence-electron chi connectivity index (χ3n) is 4.93. The molecule has 0 radical (unpaired) electrons. The molecule has 2 atom stereocenters. The van der Waals surface area contributed by atoms with Gasteiger partial charge in [-0.2, -0.15) is 0 Å². The van der Waals surface area contributed by atoms with Crippen molar-refractivity contribution in [2.75, 3.05) is 26.2 Å². The van der Waals surface area contributed by atoms with Crippen molar-refractivity contribution in [1.82, 2.24) is 15.5 Å². The van der Waals surface area contributed by atoms with Crippen LogP contribution in [0.1, 0.15) is 36.0 Å². The van der Waals surface area contributed by atoms with E-state index in [1.807, 2.05) is 0 Å². The zero-order valence-electron chi connectivity index (χ0n) is 14.5. The van der Waals surface area contributed by atoms with E-state index >= 15 is 0 Å². The van der Waals surface area contributed by atoms with Crippen molar-refractivity contribution in [2.45, 2.75) is 31.7 Å². The lowest BCUT2D eigenvalue weighted by Gasteiger charge is -2.33. The Morgan fingerprint density at radius 2 is 2.04 bits per heavy atom. The average Bonchev–Trinajstić information content (AvgIpc) is 3.16. The van der Waals surface area contributed by atoms with E-state index in [-0.39, 0.29) is 35.8 Å². The van der Waals surface area contributed by atoms with Crippen molar-refractivity contribution < 1.29 is 18.4 Å². The number of amides is 2. The number of hydrogen-bond donors (Lipinski definition) is 2. The number of hydrogen-bond acceptors (Lipinski definition) is 3. The molecule has 2 saturated heterocycles. The number of nitrogens with one attached hydrogen (secondary N) is 2. The molecule has 8 heteroatoms. The second-order valence-electron chi connectivity index (χ2n) is 6.75. The van der Waals surface area contributed by atoms with Crippen LogP contribution >= 0.6 is 12.4 Å². The first-order chi connectivity index (χ1) is 12.1. The van der Waals surface area contributed by atoms with E-state index < -0.39 is 17.5 Å². The third-order valence-corrected chi connectivity index (χ3v) is 4.93. The molecular formula is C18H24ClF2N3O2. The van der Waals surface area contributed by atoms with E-state index in [1.54, 1.807) is 4.90 Å². The number of piperidine rings is 1. The second kappa shape index (κ2) is 9.28. The lowest BCUT2D eigenvalue weighted by molar-refractivity contribution is -0.123. The first-order valence-corrected chi connectivity index (χ1v) is 8.80. The molecule has 0 saturated carbocycles. The van der Waals surface area contributed by atoms with Crippen LogP contribution < -0.4 is 10.6 Å². The molecule has 0 aliphatic carbocycles. The Labute approximate surface area is 157 Å². The van der Waals surface area contributed by atoms with Gasteiger partial charge < -0.3 is 15.5 Å². The number of halogens is 3. The predicted molar refractivity (Wildman–Crippen MR) is 96.3 cm³/mol. The van der Waals surface area contributed by atoms with Crippen LogP contribution in [0.15, 0.2) is 18.2 Å². The highest BCUT2D eigenvalue weighted by Gasteiger charge is 2.28. The van der Waals surface area contributed by atoms with E-state index in [0.29, 0.717) is 19.6 Å². The van der Waals surface area contributed by atoms with Crippen molar-refractivity contribution >= 4 is 24.2 Å². The van der Waals surface area contributed by atoms with Gasteiger partial charge in [-0.25, -0.2) is 8.78 Å². The molecule has 0 bridgehead atoms. The van der Waals surface area contributed by atoms with Crippen LogP contribution in [-0.4, -0.2) is 48.9 Å². The van der Waals surface area contributed by atoms with Crippen LogP contribution in [0.4, 0.5) is 8.78 Å². The Morgan fingerprint density at radius 3 is 2.77 bits per heavy atom.